The van der Waals surface area contributed by atoms with E-state index in [2.05, 4.69) is 43.4 Å². The van der Waals surface area contributed by atoms with Gasteiger partial charge in [-0.2, -0.15) is 5.26 Å². The largest absolute Gasteiger partial charge is 0.381 e. The van der Waals surface area contributed by atoms with E-state index in [0.29, 0.717) is 6.04 Å². The van der Waals surface area contributed by atoms with E-state index in [9.17, 15) is 0 Å². The van der Waals surface area contributed by atoms with Crippen molar-refractivity contribution in [1.82, 2.24) is 4.90 Å². The lowest BCUT2D eigenvalue weighted by atomic mass is 10.0. The number of hydrogen-bond donors (Lipinski definition) is 1. The standard InChI is InChI=1S/C16H19N3/c1-12(11-19(2)3)18-16-9-8-13(10-17)14-6-4-5-7-15(14)16/h4-9,12,18H,11H2,1-3H3. The van der Waals surface area contributed by atoms with Crippen molar-refractivity contribution in [1.29, 1.82) is 5.26 Å². The highest BCUT2D eigenvalue weighted by molar-refractivity contribution is 5.97. The average molecular weight is 253 g/mol. The Morgan fingerprint density at radius 3 is 2.47 bits per heavy atom. The van der Waals surface area contributed by atoms with Crippen LogP contribution in [0.5, 0.6) is 0 Å². The Bertz CT molecular complexity index is 611. The molecule has 2 aromatic carbocycles. The van der Waals surface area contributed by atoms with E-state index in [4.69, 9.17) is 5.26 Å². The number of hydrogen-bond acceptors (Lipinski definition) is 3. The van der Waals surface area contributed by atoms with Crippen molar-refractivity contribution < 1.29 is 0 Å². The van der Waals surface area contributed by atoms with Gasteiger partial charge in [-0.25, -0.2) is 0 Å². The van der Waals surface area contributed by atoms with E-state index in [-0.39, 0.29) is 0 Å². The first kappa shape index (κ1) is 13.4. The summed E-state index contributed by atoms with van der Waals surface area (Å²) in [5.74, 6) is 0. The highest BCUT2D eigenvalue weighted by Crippen LogP contribution is 2.26. The van der Waals surface area contributed by atoms with Crippen LogP contribution in [-0.4, -0.2) is 31.6 Å². The van der Waals surface area contributed by atoms with Crippen molar-refractivity contribution in [3.05, 3.63) is 42.0 Å². The predicted octanol–water partition coefficient (Wildman–Crippen LogP) is 3.07. The van der Waals surface area contributed by atoms with Gasteiger partial charge in [-0.1, -0.05) is 24.3 Å². The summed E-state index contributed by atoms with van der Waals surface area (Å²) in [7, 11) is 4.13. The zero-order valence-electron chi connectivity index (χ0n) is 11.6. The molecule has 98 valence electrons. The quantitative estimate of drug-likeness (QED) is 0.910. The van der Waals surface area contributed by atoms with E-state index in [1.807, 2.05) is 30.3 Å². The van der Waals surface area contributed by atoms with Crippen LogP contribution in [0.1, 0.15) is 12.5 Å². The molecule has 0 saturated carbocycles. The molecule has 19 heavy (non-hydrogen) atoms. The first-order valence-corrected chi connectivity index (χ1v) is 6.45. The molecule has 0 heterocycles. The highest BCUT2D eigenvalue weighted by Gasteiger charge is 2.08. The minimum atomic E-state index is 0.353. The fourth-order valence-electron chi connectivity index (χ4n) is 2.38. The molecule has 0 bridgehead atoms. The predicted molar refractivity (Wildman–Crippen MR) is 80.3 cm³/mol. The first-order chi connectivity index (χ1) is 9.11. The lowest BCUT2D eigenvalue weighted by Crippen LogP contribution is -2.29. The maximum Gasteiger partial charge on any atom is 0.0998 e. The van der Waals surface area contributed by atoms with Gasteiger partial charge in [0.2, 0.25) is 0 Å². The topological polar surface area (TPSA) is 39.1 Å². The van der Waals surface area contributed by atoms with E-state index in [0.717, 1.165) is 28.6 Å². The van der Waals surface area contributed by atoms with Crippen molar-refractivity contribution in [2.75, 3.05) is 26.0 Å². The second kappa shape index (κ2) is 5.73. The zero-order chi connectivity index (χ0) is 13.8. The van der Waals surface area contributed by atoms with E-state index in [1.54, 1.807) is 0 Å². The van der Waals surface area contributed by atoms with Gasteiger partial charge in [-0.3, -0.25) is 0 Å². The monoisotopic (exact) mass is 253 g/mol. The number of rotatable bonds is 4. The number of nitrogens with one attached hydrogen (secondary N) is 1. The molecule has 0 saturated heterocycles. The molecule has 2 aromatic rings. The summed E-state index contributed by atoms with van der Waals surface area (Å²) in [5, 5.41) is 14.8. The second-order valence-electron chi connectivity index (χ2n) is 5.13. The van der Waals surface area contributed by atoms with Crippen LogP contribution in [0.2, 0.25) is 0 Å². The number of anilines is 1. The molecule has 0 aliphatic carbocycles. The van der Waals surface area contributed by atoms with Crippen LogP contribution in [0.15, 0.2) is 36.4 Å². The van der Waals surface area contributed by atoms with Gasteiger partial charge in [-0.15, -0.1) is 0 Å². The van der Waals surface area contributed by atoms with Crippen LogP contribution in [0.4, 0.5) is 5.69 Å². The van der Waals surface area contributed by atoms with Crippen LogP contribution < -0.4 is 5.32 Å². The lowest BCUT2D eigenvalue weighted by Gasteiger charge is -2.20. The summed E-state index contributed by atoms with van der Waals surface area (Å²) in [4.78, 5) is 2.16. The van der Waals surface area contributed by atoms with Gasteiger partial charge in [0.15, 0.2) is 0 Å². The highest BCUT2D eigenvalue weighted by atomic mass is 15.1. The Labute approximate surface area is 114 Å². The van der Waals surface area contributed by atoms with Crippen LogP contribution >= 0.6 is 0 Å². The maximum atomic E-state index is 9.15. The summed E-state index contributed by atoms with van der Waals surface area (Å²) in [6.07, 6.45) is 0. The number of nitriles is 1. The summed E-state index contributed by atoms with van der Waals surface area (Å²) < 4.78 is 0. The fraction of sp³-hybridized carbons (Fsp3) is 0.312. The van der Waals surface area contributed by atoms with Gasteiger partial charge in [0.1, 0.15) is 0 Å². The molecule has 3 heteroatoms. The van der Waals surface area contributed by atoms with Crippen LogP contribution in [0, 0.1) is 11.3 Å². The van der Waals surface area contributed by atoms with E-state index in [1.165, 1.54) is 0 Å². The SMILES string of the molecule is CC(CN(C)C)Nc1ccc(C#N)c2ccccc12. The molecule has 0 amide bonds. The molecule has 0 radical (unpaired) electrons. The summed E-state index contributed by atoms with van der Waals surface area (Å²) in [6, 6.07) is 14.5. The van der Waals surface area contributed by atoms with Crippen molar-refractivity contribution in [2.45, 2.75) is 13.0 Å². The molecule has 1 N–H and O–H groups in total. The Kier molecular flexibility index (Phi) is 4.03. The third kappa shape index (κ3) is 3.04. The summed E-state index contributed by atoms with van der Waals surface area (Å²) in [5.41, 5.74) is 1.81. The van der Waals surface area contributed by atoms with Crippen molar-refractivity contribution >= 4 is 16.5 Å². The smallest absolute Gasteiger partial charge is 0.0998 e. The summed E-state index contributed by atoms with van der Waals surface area (Å²) >= 11 is 0. The van der Waals surface area contributed by atoms with Gasteiger partial charge in [0, 0.05) is 29.0 Å². The Hall–Kier alpha value is -2.05. The number of likely N-dealkylation sites (N-methyl/N-ethyl adjacent to an activating group) is 1. The van der Waals surface area contributed by atoms with Crippen LogP contribution in [-0.2, 0) is 0 Å². The second-order valence-corrected chi connectivity index (χ2v) is 5.13. The first-order valence-electron chi connectivity index (χ1n) is 6.45. The Morgan fingerprint density at radius 2 is 1.84 bits per heavy atom. The van der Waals surface area contributed by atoms with Crippen LogP contribution in [0.25, 0.3) is 10.8 Å². The molecular weight excluding hydrogens is 234 g/mol. The molecule has 1 unspecified atom stereocenters. The zero-order valence-corrected chi connectivity index (χ0v) is 11.6. The van der Waals surface area contributed by atoms with E-state index < -0.39 is 0 Å². The molecule has 0 spiro atoms. The molecule has 0 aromatic heterocycles. The average Bonchev–Trinajstić information content (AvgIpc) is 2.38. The van der Waals surface area contributed by atoms with Crippen molar-refractivity contribution in [3.63, 3.8) is 0 Å². The van der Waals surface area contributed by atoms with Crippen LogP contribution in [0.3, 0.4) is 0 Å². The third-order valence-corrected chi connectivity index (χ3v) is 3.09. The lowest BCUT2D eigenvalue weighted by molar-refractivity contribution is 0.392. The molecule has 0 aliphatic rings. The molecule has 0 fully saturated rings. The Morgan fingerprint density at radius 1 is 1.16 bits per heavy atom. The molecule has 3 nitrogen and oxygen atoms in total. The third-order valence-electron chi connectivity index (χ3n) is 3.09. The van der Waals surface area contributed by atoms with Crippen molar-refractivity contribution in [3.8, 4) is 6.07 Å². The molecular formula is C16H19N3. The Balaban J connectivity index is 2.37. The molecule has 2 rings (SSSR count). The van der Waals surface area contributed by atoms with Gasteiger partial charge in [-0.05, 0) is 33.2 Å². The minimum Gasteiger partial charge on any atom is -0.381 e. The number of nitrogens with zero attached hydrogens (tertiary/aromatic N) is 2. The summed E-state index contributed by atoms with van der Waals surface area (Å²) in [6.45, 7) is 3.13. The fourth-order valence-corrected chi connectivity index (χ4v) is 2.38. The van der Waals surface area contributed by atoms with Gasteiger partial charge in [0.05, 0.1) is 11.6 Å². The van der Waals surface area contributed by atoms with Gasteiger partial charge < -0.3 is 10.2 Å². The molecule has 0 aliphatic heterocycles. The van der Waals surface area contributed by atoms with Gasteiger partial charge >= 0.3 is 0 Å². The van der Waals surface area contributed by atoms with E-state index >= 15 is 0 Å². The normalized spacial score (nSPS) is 12.4. The van der Waals surface area contributed by atoms with Crippen molar-refractivity contribution in [2.24, 2.45) is 0 Å². The number of benzene rings is 2. The minimum absolute atomic E-state index is 0.353. The maximum absolute atomic E-state index is 9.15. The van der Waals surface area contributed by atoms with Gasteiger partial charge in [0.25, 0.3) is 0 Å². The number of fused-ring (bicyclic) bond motifs is 1. The molecule has 1 atom stereocenters.